The third-order valence-electron chi connectivity index (χ3n) is 9.44. The van der Waals surface area contributed by atoms with E-state index >= 15 is 0 Å². The van der Waals surface area contributed by atoms with Gasteiger partial charge in [0.15, 0.2) is 5.78 Å². The fourth-order valence-electron chi connectivity index (χ4n) is 7.78. The molecular formula is C24H28O2. The number of fused-ring (bicyclic) bond motifs is 4. The largest absolute Gasteiger partial charge is 0.299 e. The third-order valence-corrected chi connectivity index (χ3v) is 9.44. The van der Waals surface area contributed by atoms with E-state index in [-0.39, 0.29) is 21.7 Å². The molecule has 0 heterocycles. The highest BCUT2D eigenvalue weighted by molar-refractivity contribution is 5.95. The summed E-state index contributed by atoms with van der Waals surface area (Å²) in [6.45, 7) is 4.78. The van der Waals surface area contributed by atoms with Crippen LogP contribution in [0.3, 0.4) is 0 Å². The minimum atomic E-state index is -0.177. The Hall–Kier alpha value is -1.44. The van der Waals surface area contributed by atoms with E-state index in [1.54, 1.807) is 11.1 Å². The summed E-state index contributed by atoms with van der Waals surface area (Å²) in [5, 5.41) is 0. The fraction of sp³-hybridized carbons (Fsp3) is 0.667. The van der Waals surface area contributed by atoms with Crippen LogP contribution in [0.5, 0.6) is 0 Å². The molecular weight excluding hydrogens is 320 g/mol. The molecule has 136 valence electrons. The Morgan fingerprint density at radius 1 is 0.923 bits per heavy atom. The van der Waals surface area contributed by atoms with Gasteiger partial charge in [0.05, 0.1) is 5.41 Å². The Balaban J connectivity index is 1.57. The van der Waals surface area contributed by atoms with Crippen molar-refractivity contribution in [1.29, 1.82) is 0 Å². The predicted octanol–water partition coefficient (Wildman–Crippen LogP) is 5.24. The molecule has 2 fully saturated rings. The summed E-state index contributed by atoms with van der Waals surface area (Å²) in [5.74, 6) is 0.851. The van der Waals surface area contributed by atoms with E-state index in [0.29, 0.717) is 18.0 Å². The van der Waals surface area contributed by atoms with Crippen molar-refractivity contribution in [3.63, 3.8) is 0 Å². The normalized spacial score (nSPS) is 45.0. The van der Waals surface area contributed by atoms with Gasteiger partial charge < -0.3 is 0 Å². The topological polar surface area (TPSA) is 34.1 Å². The number of carbonyl (C=O) groups is 2. The highest BCUT2D eigenvalue weighted by atomic mass is 16.1. The lowest BCUT2D eigenvalue weighted by atomic mass is 9.50. The van der Waals surface area contributed by atoms with Crippen LogP contribution in [-0.2, 0) is 9.59 Å². The van der Waals surface area contributed by atoms with Crippen LogP contribution in [0, 0.1) is 21.7 Å². The van der Waals surface area contributed by atoms with Crippen LogP contribution in [0.1, 0.15) is 78.1 Å². The van der Waals surface area contributed by atoms with Crippen molar-refractivity contribution in [3.05, 3.63) is 34.4 Å². The van der Waals surface area contributed by atoms with Gasteiger partial charge in [-0.25, -0.2) is 0 Å². The molecule has 2 spiro atoms. The van der Waals surface area contributed by atoms with Crippen molar-refractivity contribution in [2.24, 2.45) is 21.7 Å². The number of Topliss-reactive ketones (excluding diaryl/α,β-unsaturated/α-hetero) is 1. The molecule has 3 atom stereocenters. The molecule has 2 saturated carbocycles. The Bertz CT molecular complexity index is 880. The third kappa shape index (κ3) is 1.50. The standard InChI is InChI=1S/C24H28O2/c1-21-7-4-18-16-14-23(11-12-23)19-13-15(25)3-9-22(19,2)17(16)5-10-24(18,21)20(26)6-8-21/h4,13H,3,5-12,14H2,1-2H3/t21-,22?,24+/m0/s1. The Labute approximate surface area is 155 Å². The molecule has 0 bridgehead atoms. The molecule has 0 aromatic rings. The minimum Gasteiger partial charge on any atom is -0.299 e. The molecule has 2 heteroatoms. The molecule has 0 aromatic carbocycles. The van der Waals surface area contributed by atoms with Gasteiger partial charge in [-0.05, 0) is 79.4 Å². The molecule has 0 radical (unpaired) electrons. The Morgan fingerprint density at radius 2 is 1.73 bits per heavy atom. The summed E-state index contributed by atoms with van der Waals surface area (Å²) in [6, 6.07) is 0. The summed E-state index contributed by atoms with van der Waals surface area (Å²) in [5.41, 5.74) is 6.33. The molecule has 6 aliphatic carbocycles. The van der Waals surface area contributed by atoms with Crippen LogP contribution in [0.4, 0.5) is 0 Å². The molecule has 0 amide bonds. The van der Waals surface area contributed by atoms with E-state index in [1.165, 1.54) is 24.0 Å². The summed E-state index contributed by atoms with van der Waals surface area (Å²) in [7, 11) is 0. The molecule has 1 unspecified atom stereocenters. The van der Waals surface area contributed by atoms with Crippen LogP contribution >= 0.6 is 0 Å². The van der Waals surface area contributed by atoms with Gasteiger partial charge in [0.1, 0.15) is 5.78 Å². The van der Waals surface area contributed by atoms with E-state index in [1.807, 2.05) is 6.08 Å². The van der Waals surface area contributed by atoms with Gasteiger partial charge in [0.25, 0.3) is 0 Å². The summed E-state index contributed by atoms with van der Waals surface area (Å²) >= 11 is 0. The van der Waals surface area contributed by atoms with Crippen LogP contribution < -0.4 is 0 Å². The lowest BCUT2D eigenvalue weighted by Crippen LogP contribution is -2.45. The van der Waals surface area contributed by atoms with Crippen molar-refractivity contribution in [3.8, 4) is 0 Å². The second-order valence-electron chi connectivity index (χ2n) is 10.5. The van der Waals surface area contributed by atoms with E-state index in [4.69, 9.17) is 0 Å². The van der Waals surface area contributed by atoms with Gasteiger partial charge in [-0.1, -0.05) is 31.1 Å². The van der Waals surface area contributed by atoms with Crippen molar-refractivity contribution in [2.75, 3.05) is 0 Å². The van der Waals surface area contributed by atoms with Gasteiger partial charge in [-0.2, -0.15) is 0 Å². The van der Waals surface area contributed by atoms with Crippen molar-refractivity contribution < 1.29 is 9.59 Å². The van der Waals surface area contributed by atoms with Crippen LogP contribution in [-0.4, -0.2) is 11.6 Å². The summed E-state index contributed by atoms with van der Waals surface area (Å²) < 4.78 is 0. The highest BCUT2D eigenvalue weighted by Crippen LogP contribution is 2.74. The first-order valence-electron chi connectivity index (χ1n) is 10.6. The number of rotatable bonds is 0. The number of hydrogen-bond acceptors (Lipinski definition) is 2. The van der Waals surface area contributed by atoms with Gasteiger partial charge in [-0.3, -0.25) is 9.59 Å². The number of ketones is 2. The summed E-state index contributed by atoms with van der Waals surface area (Å²) in [4.78, 5) is 25.4. The monoisotopic (exact) mass is 348 g/mol. The molecule has 0 saturated heterocycles. The van der Waals surface area contributed by atoms with Gasteiger partial charge >= 0.3 is 0 Å². The molecule has 2 nitrogen and oxygen atoms in total. The average Bonchev–Trinajstić information content (AvgIpc) is 3.25. The fourth-order valence-corrected chi connectivity index (χ4v) is 7.78. The maximum Gasteiger partial charge on any atom is 0.155 e. The molecule has 0 aromatic heterocycles. The molecule has 6 aliphatic rings. The Kier molecular flexibility index (Phi) is 2.60. The smallest absolute Gasteiger partial charge is 0.155 e. The Morgan fingerprint density at radius 3 is 2.50 bits per heavy atom. The van der Waals surface area contributed by atoms with E-state index in [9.17, 15) is 9.59 Å². The lowest BCUT2D eigenvalue weighted by Gasteiger charge is -2.53. The van der Waals surface area contributed by atoms with E-state index in [0.717, 1.165) is 44.9 Å². The molecule has 26 heavy (non-hydrogen) atoms. The molecule has 6 rings (SSSR count). The van der Waals surface area contributed by atoms with Crippen LogP contribution in [0.25, 0.3) is 0 Å². The lowest BCUT2D eigenvalue weighted by molar-refractivity contribution is -0.127. The van der Waals surface area contributed by atoms with Gasteiger partial charge in [0, 0.05) is 18.3 Å². The average molecular weight is 348 g/mol. The second-order valence-corrected chi connectivity index (χ2v) is 10.5. The summed E-state index contributed by atoms with van der Waals surface area (Å²) in [6.07, 6.45) is 14.7. The van der Waals surface area contributed by atoms with Crippen LogP contribution in [0.2, 0.25) is 0 Å². The first-order valence-corrected chi connectivity index (χ1v) is 10.6. The van der Waals surface area contributed by atoms with Gasteiger partial charge in [-0.15, -0.1) is 0 Å². The maximum absolute atomic E-state index is 13.2. The van der Waals surface area contributed by atoms with E-state index in [2.05, 4.69) is 19.9 Å². The van der Waals surface area contributed by atoms with Crippen molar-refractivity contribution in [2.45, 2.75) is 78.1 Å². The molecule has 0 aliphatic heterocycles. The first-order chi connectivity index (χ1) is 12.3. The van der Waals surface area contributed by atoms with E-state index < -0.39 is 0 Å². The number of hydrogen-bond donors (Lipinski definition) is 0. The zero-order chi connectivity index (χ0) is 17.9. The van der Waals surface area contributed by atoms with Crippen molar-refractivity contribution >= 4 is 11.6 Å². The highest BCUT2D eigenvalue weighted by Gasteiger charge is 2.66. The molecule has 0 N–H and O–H groups in total. The zero-order valence-corrected chi connectivity index (χ0v) is 16.0. The SMILES string of the molecule is CC12CCC(=O)C=C1C1(CC1)CC1=C2CC[C@@]23C(=O)CC[C@]2(C)CC=C13. The van der Waals surface area contributed by atoms with Gasteiger partial charge in [0.2, 0.25) is 0 Å². The maximum atomic E-state index is 13.2. The number of allylic oxidation sites excluding steroid dienone is 6. The van der Waals surface area contributed by atoms with Crippen molar-refractivity contribution in [1.82, 2.24) is 0 Å². The number of carbonyl (C=O) groups excluding carboxylic acids is 2. The minimum absolute atomic E-state index is 0.0705. The second kappa shape index (κ2) is 4.34. The first kappa shape index (κ1) is 15.6. The predicted molar refractivity (Wildman–Crippen MR) is 100 cm³/mol. The zero-order valence-electron chi connectivity index (χ0n) is 16.0. The van der Waals surface area contributed by atoms with Crippen LogP contribution in [0.15, 0.2) is 34.4 Å². The quantitative estimate of drug-likeness (QED) is 0.600.